The Morgan fingerprint density at radius 3 is 2.63 bits per heavy atom. The largest absolute Gasteiger partial charge is 0.480 e. The van der Waals surface area contributed by atoms with Gasteiger partial charge in [-0.1, -0.05) is 18.5 Å². The molecule has 1 aromatic carbocycles. The monoisotopic (exact) mass is 398 g/mol. The molecule has 1 heterocycles. The van der Waals surface area contributed by atoms with Gasteiger partial charge in [-0.25, -0.2) is 0 Å². The molecule has 1 aliphatic rings. The molecule has 1 aliphatic heterocycles. The molecular formula is C17H23ClN4O5. The van der Waals surface area contributed by atoms with Crippen molar-refractivity contribution in [2.24, 2.45) is 0 Å². The van der Waals surface area contributed by atoms with Gasteiger partial charge in [0.1, 0.15) is 5.02 Å². The maximum Gasteiger partial charge on any atom is 0.317 e. The minimum Gasteiger partial charge on any atom is -0.480 e. The second-order valence-corrected chi connectivity index (χ2v) is 6.84. The number of carbonyl (C=O) groups excluding carboxylic acids is 1. The lowest BCUT2D eigenvalue weighted by Gasteiger charge is -2.37. The fourth-order valence-corrected chi connectivity index (χ4v) is 3.44. The van der Waals surface area contributed by atoms with E-state index >= 15 is 0 Å². The summed E-state index contributed by atoms with van der Waals surface area (Å²) in [6.07, 6.45) is 1.58. The van der Waals surface area contributed by atoms with Gasteiger partial charge in [0.25, 0.3) is 5.69 Å². The molecule has 0 aromatic heterocycles. The number of likely N-dealkylation sites (N-methyl/N-ethyl adjacent to an activating group) is 1. The van der Waals surface area contributed by atoms with Crippen molar-refractivity contribution in [3.05, 3.63) is 33.3 Å². The molecule has 1 amide bonds. The number of piperidine rings is 1. The predicted octanol–water partition coefficient (Wildman–Crippen LogP) is 2.06. The highest BCUT2D eigenvalue weighted by molar-refractivity contribution is 6.32. The molecule has 1 aromatic rings. The van der Waals surface area contributed by atoms with Crippen LogP contribution >= 0.6 is 11.6 Å². The van der Waals surface area contributed by atoms with Crippen molar-refractivity contribution in [3.63, 3.8) is 0 Å². The zero-order valence-corrected chi connectivity index (χ0v) is 15.8. The van der Waals surface area contributed by atoms with Gasteiger partial charge in [0.15, 0.2) is 0 Å². The van der Waals surface area contributed by atoms with Crippen LogP contribution in [0.25, 0.3) is 0 Å². The molecule has 10 heteroatoms. The first-order chi connectivity index (χ1) is 12.8. The molecule has 2 rings (SSSR count). The van der Waals surface area contributed by atoms with Gasteiger partial charge in [-0.2, -0.15) is 0 Å². The molecular weight excluding hydrogens is 376 g/mol. The second-order valence-electron chi connectivity index (χ2n) is 6.44. The van der Waals surface area contributed by atoms with Crippen molar-refractivity contribution in [2.75, 3.05) is 38.0 Å². The number of aliphatic carboxylic acids is 1. The summed E-state index contributed by atoms with van der Waals surface area (Å²) in [6, 6.07) is 4.33. The number of hydrogen-bond donors (Lipinski definition) is 2. The molecule has 2 N–H and O–H groups in total. The number of nitro groups is 1. The van der Waals surface area contributed by atoms with Gasteiger partial charge in [0, 0.05) is 30.9 Å². The minimum atomic E-state index is -0.837. The van der Waals surface area contributed by atoms with Crippen LogP contribution in [0.4, 0.5) is 11.4 Å². The predicted molar refractivity (Wildman–Crippen MR) is 101 cm³/mol. The van der Waals surface area contributed by atoms with Gasteiger partial charge in [-0.15, -0.1) is 0 Å². The van der Waals surface area contributed by atoms with Gasteiger partial charge >= 0.3 is 5.97 Å². The maximum atomic E-state index is 12.2. The molecule has 9 nitrogen and oxygen atoms in total. The van der Waals surface area contributed by atoms with Crippen LogP contribution in [0.5, 0.6) is 0 Å². The van der Waals surface area contributed by atoms with E-state index in [0.717, 1.165) is 12.8 Å². The highest BCUT2D eigenvalue weighted by Gasteiger charge is 2.26. The summed E-state index contributed by atoms with van der Waals surface area (Å²) in [5.74, 6) is -1.10. The van der Waals surface area contributed by atoms with E-state index in [4.69, 9.17) is 16.7 Å². The van der Waals surface area contributed by atoms with Crippen LogP contribution in [0.3, 0.4) is 0 Å². The van der Waals surface area contributed by atoms with Crippen LogP contribution in [0.2, 0.25) is 5.02 Å². The minimum absolute atomic E-state index is 0.0157. The first-order valence-corrected chi connectivity index (χ1v) is 9.10. The SMILES string of the molecule is CCN(CC(=O)O)C1CCN(CC(=O)Nc2ccc(Cl)c([N+](=O)[O-])c2)CC1. The maximum absolute atomic E-state index is 12.2. The number of hydrogen-bond acceptors (Lipinski definition) is 6. The lowest BCUT2D eigenvalue weighted by atomic mass is 10.0. The Morgan fingerprint density at radius 2 is 2.07 bits per heavy atom. The number of carboxylic acid groups (broad SMARTS) is 1. The number of carboxylic acids is 1. The number of rotatable bonds is 8. The van der Waals surface area contributed by atoms with Crippen molar-refractivity contribution in [2.45, 2.75) is 25.8 Å². The molecule has 1 saturated heterocycles. The van der Waals surface area contributed by atoms with Crippen molar-refractivity contribution in [3.8, 4) is 0 Å². The Morgan fingerprint density at radius 1 is 1.41 bits per heavy atom. The van der Waals surface area contributed by atoms with E-state index < -0.39 is 10.9 Å². The third-order valence-electron chi connectivity index (χ3n) is 4.61. The van der Waals surface area contributed by atoms with Gasteiger partial charge in [0.2, 0.25) is 5.91 Å². The number of carbonyl (C=O) groups is 2. The number of anilines is 1. The molecule has 0 saturated carbocycles. The van der Waals surface area contributed by atoms with Gasteiger partial charge in [-0.05, 0) is 31.5 Å². The fourth-order valence-electron chi connectivity index (χ4n) is 3.25. The third-order valence-corrected chi connectivity index (χ3v) is 4.93. The quantitative estimate of drug-likeness (QED) is 0.508. The van der Waals surface area contributed by atoms with Gasteiger partial charge in [-0.3, -0.25) is 29.5 Å². The number of amides is 1. The number of halogens is 1. The fraction of sp³-hybridized carbons (Fsp3) is 0.529. The van der Waals surface area contributed by atoms with E-state index in [0.29, 0.717) is 25.3 Å². The number of nitrogens with zero attached hydrogens (tertiary/aromatic N) is 3. The van der Waals surface area contributed by atoms with Crippen LogP contribution < -0.4 is 5.32 Å². The van der Waals surface area contributed by atoms with Crippen molar-refractivity contribution in [1.82, 2.24) is 9.80 Å². The Bertz CT molecular complexity index is 707. The number of nitro benzene ring substituents is 1. The lowest BCUT2D eigenvalue weighted by Crippen LogP contribution is -2.48. The second kappa shape index (κ2) is 9.63. The lowest BCUT2D eigenvalue weighted by molar-refractivity contribution is -0.384. The first kappa shape index (κ1) is 21.1. The van der Waals surface area contributed by atoms with E-state index in [-0.39, 0.29) is 35.7 Å². The first-order valence-electron chi connectivity index (χ1n) is 8.72. The van der Waals surface area contributed by atoms with Crippen molar-refractivity contribution >= 4 is 34.9 Å². The highest BCUT2D eigenvalue weighted by atomic mass is 35.5. The summed E-state index contributed by atoms with van der Waals surface area (Å²) in [7, 11) is 0. The average molecular weight is 399 g/mol. The van der Waals surface area contributed by atoms with Crippen LogP contribution in [0.1, 0.15) is 19.8 Å². The van der Waals surface area contributed by atoms with E-state index in [9.17, 15) is 19.7 Å². The molecule has 0 bridgehead atoms. The summed E-state index contributed by atoms with van der Waals surface area (Å²) in [5.41, 5.74) is 0.0676. The summed E-state index contributed by atoms with van der Waals surface area (Å²) >= 11 is 5.76. The summed E-state index contributed by atoms with van der Waals surface area (Å²) in [6.45, 7) is 4.19. The normalized spacial score (nSPS) is 15.7. The Balaban J connectivity index is 1.85. The summed E-state index contributed by atoms with van der Waals surface area (Å²) in [4.78, 5) is 37.4. The van der Waals surface area contributed by atoms with E-state index in [1.165, 1.54) is 18.2 Å². The van der Waals surface area contributed by atoms with Crippen LogP contribution in [0, 0.1) is 10.1 Å². The third kappa shape index (κ3) is 6.16. The zero-order chi connectivity index (χ0) is 20.0. The van der Waals surface area contributed by atoms with Crippen LogP contribution in [-0.2, 0) is 9.59 Å². The molecule has 0 spiro atoms. The Labute approximate surface area is 162 Å². The van der Waals surface area contributed by atoms with Gasteiger partial charge < -0.3 is 10.4 Å². The molecule has 148 valence electrons. The molecule has 27 heavy (non-hydrogen) atoms. The zero-order valence-electron chi connectivity index (χ0n) is 15.1. The number of benzene rings is 1. The van der Waals surface area contributed by atoms with E-state index in [1.807, 2.05) is 16.7 Å². The van der Waals surface area contributed by atoms with Crippen LogP contribution in [0.15, 0.2) is 18.2 Å². The summed E-state index contributed by atoms with van der Waals surface area (Å²) in [5, 5.41) is 22.6. The highest BCUT2D eigenvalue weighted by Crippen LogP contribution is 2.27. The molecule has 0 atom stereocenters. The number of likely N-dealkylation sites (tertiary alicyclic amines) is 1. The Hall–Kier alpha value is -2.23. The molecule has 1 fully saturated rings. The van der Waals surface area contributed by atoms with E-state index in [1.54, 1.807) is 0 Å². The van der Waals surface area contributed by atoms with Gasteiger partial charge in [0.05, 0.1) is 18.0 Å². The average Bonchev–Trinajstić information content (AvgIpc) is 2.61. The molecule has 0 unspecified atom stereocenters. The Kier molecular flexibility index (Phi) is 7.52. The molecule has 0 aliphatic carbocycles. The smallest absolute Gasteiger partial charge is 0.317 e. The van der Waals surface area contributed by atoms with Crippen molar-refractivity contribution < 1.29 is 19.6 Å². The molecule has 0 radical (unpaired) electrons. The van der Waals surface area contributed by atoms with Crippen molar-refractivity contribution in [1.29, 1.82) is 0 Å². The number of nitrogens with one attached hydrogen (secondary N) is 1. The topological polar surface area (TPSA) is 116 Å². The standard InChI is InChI=1S/C17H23ClN4O5/c1-2-21(11-17(24)25)13-5-7-20(8-6-13)10-16(23)19-12-3-4-14(18)15(9-12)22(26)27/h3-4,9,13H,2,5-8,10-11H2,1H3,(H,19,23)(H,24,25). The summed E-state index contributed by atoms with van der Waals surface area (Å²) < 4.78 is 0. The van der Waals surface area contributed by atoms with Crippen LogP contribution in [-0.4, -0.2) is 70.5 Å². The van der Waals surface area contributed by atoms with E-state index in [2.05, 4.69) is 5.32 Å².